The maximum atomic E-state index is 13.0. The number of piperidine rings is 1. The topological polar surface area (TPSA) is 43.8 Å². The summed E-state index contributed by atoms with van der Waals surface area (Å²) in [5.74, 6) is 0.360. The van der Waals surface area contributed by atoms with Crippen LogP contribution in [-0.4, -0.2) is 46.6 Å². The molecule has 0 radical (unpaired) electrons. The predicted molar refractivity (Wildman–Crippen MR) is 111 cm³/mol. The van der Waals surface area contributed by atoms with Gasteiger partial charge in [-0.3, -0.25) is 9.69 Å². The average molecular weight is 387 g/mol. The number of hydrogen-bond donors (Lipinski definition) is 1. The van der Waals surface area contributed by atoms with Crippen molar-refractivity contribution in [2.24, 2.45) is 0 Å². The fourth-order valence-electron chi connectivity index (χ4n) is 3.79. The lowest BCUT2D eigenvalue weighted by atomic mass is 9.90. The van der Waals surface area contributed by atoms with Gasteiger partial charge in [0.1, 0.15) is 0 Å². The second-order valence-electron chi connectivity index (χ2n) is 8.06. The molecule has 0 spiro atoms. The molecule has 0 aliphatic carbocycles. The van der Waals surface area contributed by atoms with Gasteiger partial charge in [-0.1, -0.05) is 38.1 Å². The molecule has 1 aromatic carbocycles. The number of carbonyl (C=O) groups excluding carboxylic acids is 1. The Kier molecular flexibility index (Phi) is 6.35. The highest BCUT2D eigenvalue weighted by Crippen LogP contribution is 2.26. The molecule has 0 bridgehead atoms. The summed E-state index contributed by atoms with van der Waals surface area (Å²) < 4.78 is 0. The predicted octanol–water partition coefficient (Wildman–Crippen LogP) is 3.86. The van der Waals surface area contributed by atoms with Gasteiger partial charge in [0, 0.05) is 26.2 Å². The van der Waals surface area contributed by atoms with E-state index in [1.165, 1.54) is 11.1 Å². The SMILES string of the molecule is CC(C)c1ccc(CN2CCC[C@](O)(CN(C)Cc3ccsc3)C2=O)cc1. The molecule has 4 nitrogen and oxygen atoms in total. The monoisotopic (exact) mass is 386 g/mol. The molecule has 1 saturated heterocycles. The molecule has 5 heteroatoms. The summed E-state index contributed by atoms with van der Waals surface area (Å²) in [6.07, 6.45) is 1.36. The van der Waals surface area contributed by atoms with Crippen LogP contribution in [0, 0.1) is 0 Å². The highest BCUT2D eigenvalue weighted by atomic mass is 32.1. The largest absolute Gasteiger partial charge is 0.379 e. The summed E-state index contributed by atoms with van der Waals surface area (Å²) in [5, 5.41) is 15.2. The lowest BCUT2D eigenvalue weighted by molar-refractivity contribution is -0.160. The molecule has 146 valence electrons. The van der Waals surface area contributed by atoms with Gasteiger partial charge < -0.3 is 10.0 Å². The number of likely N-dealkylation sites (N-methyl/N-ethyl adjacent to an activating group) is 1. The number of hydrogen-bond acceptors (Lipinski definition) is 4. The normalized spacial score (nSPS) is 20.7. The third-order valence-corrected chi connectivity index (χ3v) is 6.02. The lowest BCUT2D eigenvalue weighted by Gasteiger charge is -2.40. The molecule has 3 rings (SSSR count). The molecule has 1 aromatic heterocycles. The van der Waals surface area contributed by atoms with Gasteiger partial charge in [0.2, 0.25) is 0 Å². The van der Waals surface area contributed by atoms with Crippen molar-refractivity contribution < 1.29 is 9.90 Å². The first-order chi connectivity index (χ1) is 12.9. The standard InChI is InChI=1S/C22H30N2O2S/c1-17(2)20-7-5-18(6-8-20)14-24-11-4-10-22(26,21(24)25)16-23(3)13-19-9-12-27-15-19/h5-9,12,15,17,26H,4,10-11,13-14,16H2,1-3H3/t22-/m0/s1. The van der Waals surface area contributed by atoms with Crippen molar-refractivity contribution in [2.45, 2.75) is 51.3 Å². The van der Waals surface area contributed by atoms with Gasteiger partial charge in [0.25, 0.3) is 5.91 Å². The zero-order chi connectivity index (χ0) is 19.4. The second-order valence-corrected chi connectivity index (χ2v) is 8.84. The van der Waals surface area contributed by atoms with Crippen molar-refractivity contribution in [1.82, 2.24) is 9.80 Å². The van der Waals surface area contributed by atoms with Crippen molar-refractivity contribution in [1.29, 1.82) is 0 Å². The molecule has 0 saturated carbocycles. The van der Waals surface area contributed by atoms with Crippen LogP contribution in [0.25, 0.3) is 0 Å². The van der Waals surface area contributed by atoms with Crippen LogP contribution in [0.15, 0.2) is 41.1 Å². The van der Waals surface area contributed by atoms with Crippen LogP contribution >= 0.6 is 11.3 Å². The summed E-state index contributed by atoms with van der Waals surface area (Å²) >= 11 is 1.67. The van der Waals surface area contributed by atoms with E-state index in [2.05, 4.69) is 54.9 Å². The number of carbonyl (C=O) groups is 1. The number of nitrogens with zero attached hydrogens (tertiary/aromatic N) is 2. The molecule has 1 atom stereocenters. The second kappa shape index (κ2) is 8.55. The first-order valence-corrected chi connectivity index (χ1v) is 10.6. The Morgan fingerprint density at radius 2 is 1.96 bits per heavy atom. The molecule has 1 aliphatic heterocycles. The molecule has 2 aromatic rings. The van der Waals surface area contributed by atoms with E-state index in [4.69, 9.17) is 0 Å². The first kappa shape index (κ1) is 20.1. The van der Waals surface area contributed by atoms with Gasteiger partial charge in [-0.25, -0.2) is 0 Å². The maximum Gasteiger partial charge on any atom is 0.256 e. The smallest absolute Gasteiger partial charge is 0.256 e. The van der Waals surface area contributed by atoms with E-state index in [-0.39, 0.29) is 5.91 Å². The quantitative estimate of drug-likeness (QED) is 0.786. The van der Waals surface area contributed by atoms with E-state index in [0.29, 0.717) is 32.0 Å². The minimum Gasteiger partial charge on any atom is -0.379 e. The molecule has 1 fully saturated rings. The highest BCUT2D eigenvalue weighted by Gasteiger charge is 2.42. The Morgan fingerprint density at radius 1 is 1.22 bits per heavy atom. The Hall–Kier alpha value is -1.69. The third-order valence-electron chi connectivity index (χ3n) is 5.29. The van der Waals surface area contributed by atoms with Gasteiger partial charge in [-0.2, -0.15) is 11.3 Å². The molecule has 27 heavy (non-hydrogen) atoms. The summed E-state index contributed by atoms with van der Waals surface area (Å²) in [4.78, 5) is 16.9. The molecule has 0 unspecified atom stereocenters. The van der Waals surface area contributed by atoms with E-state index in [1.807, 2.05) is 16.8 Å². The zero-order valence-electron chi connectivity index (χ0n) is 16.5. The lowest BCUT2D eigenvalue weighted by Crippen LogP contribution is -2.57. The Balaban J connectivity index is 1.63. The van der Waals surface area contributed by atoms with Crippen LogP contribution in [0.1, 0.15) is 49.3 Å². The van der Waals surface area contributed by atoms with Gasteiger partial charge in [0.15, 0.2) is 5.60 Å². The fraction of sp³-hybridized carbons (Fsp3) is 0.500. The van der Waals surface area contributed by atoms with E-state index in [1.54, 1.807) is 11.3 Å². The van der Waals surface area contributed by atoms with Crippen LogP contribution in [0.2, 0.25) is 0 Å². The van der Waals surface area contributed by atoms with E-state index in [0.717, 1.165) is 18.5 Å². The Labute approximate surface area is 166 Å². The van der Waals surface area contributed by atoms with Crippen molar-refractivity contribution in [3.8, 4) is 0 Å². The number of aliphatic hydroxyl groups is 1. The third kappa shape index (κ3) is 4.98. The van der Waals surface area contributed by atoms with Gasteiger partial charge in [0.05, 0.1) is 0 Å². The number of benzene rings is 1. The van der Waals surface area contributed by atoms with Crippen LogP contribution in [0.4, 0.5) is 0 Å². The Morgan fingerprint density at radius 3 is 2.59 bits per heavy atom. The summed E-state index contributed by atoms with van der Waals surface area (Å²) in [6.45, 7) is 6.74. The summed E-state index contributed by atoms with van der Waals surface area (Å²) in [5.41, 5.74) is 2.34. The van der Waals surface area contributed by atoms with Crippen LogP contribution in [0.5, 0.6) is 0 Å². The number of rotatable bonds is 7. The zero-order valence-corrected chi connectivity index (χ0v) is 17.3. The summed E-state index contributed by atoms with van der Waals surface area (Å²) in [7, 11) is 1.96. The molecule has 2 heterocycles. The van der Waals surface area contributed by atoms with Gasteiger partial charge in [-0.05, 0) is 59.3 Å². The minimum atomic E-state index is -1.29. The van der Waals surface area contributed by atoms with E-state index < -0.39 is 5.60 Å². The minimum absolute atomic E-state index is 0.140. The van der Waals surface area contributed by atoms with E-state index in [9.17, 15) is 9.90 Å². The fourth-order valence-corrected chi connectivity index (χ4v) is 4.45. The number of thiophene rings is 1. The van der Waals surface area contributed by atoms with Gasteiger partial charge in [-0.15, -0.1) is 0 Å². The molecule has 1 N–H and O–H groups in total. The summed E-state index contributed by atoms with van der Waals surface area (Å²) in [6, 6.07) is 10.5. The van der Waals surface area contributed by atoms with Crippen LogP contribution < -0.4 is 0 Å². The molecule has 1 aliphatic rings. The molecule has 1 amide bonds. The number of likely N-dealkylation sites (tertiary alicyclic amines) is 1. The first-order valence-electron chi connectivity index (χ1n) is 9.67. The molecular weight excluding hydrogens is 356 g/mol. The average Bonchev–Trinajstić information content (AvgIpc) is 3.12. The van der Waals surface area contributed by atoms with Crippen molar-refractivity contribution in [3.63, 3.8) is 0 Å². The highest BCUT2D eigenvalue weighted by molar-refractivity contribution is 7.07. The van der Waals surface area contributed by atoms with Crippen molar-refractivity contribution in [3.05, 3.63) is 57.8 Å². The number of amides is 1. The van der Waals surface area contributed by atoms with Crippen LogP contribution in [-0.2, 0) is 17.9 Å². The van der Waals surface area contributed by atoms with Crippen LogP contribution in [0.3, 0.4) is 0 Å². The van der Waals surface area contributed by atoms with Crippen molar-refractivity contribution in [2.75, 3.05) is 20.1 Å². The van der Waals surface area contributed by atoms with E-state index >= 15 is 0 Å². The maximum absolute atomic E-state index is 13.0. The Bertz CT molecular complexity index is 742. The van der Waals surface area contributed by atoms with Gasteiger partial charge >= 0.3 is 0 Å². The van der Waals surface area contributed by atoms with Crippen molar-refractivity contribution >= 4 is 17.2 Å². The molecular formula is C22H30N2O2S.